The summed E-state index contributed by atoms with van der Waals surface area (Å²) in [6.45, 7) is 5.49. The van der Waals surface area contributed by atoms with Crippen molar-refractivity contribution in [3.05, 3.63) is 76.1 Å². The minimum absolute atomic E-state index is 0.107. The van der Waals surface area contributed by atoms with E-state index in [2.05, 4.69) is 6.58 Å². The maximum atomic E-state index is 13.0. The molecule has 2 aromatic rings. The van der Waals surface area contributed by atoms with Crippen molar-refractivity contribution < 1.29 is 9.31 Å². The van der Waals surface area contributed by atoms with Crippen LogP contribution in [0.3, 0.4) is 0 Å². The highest BCUT2D eigenvalue weighted by molar-refractivity contribution is 5.49. The number of aryl methyl sites for hydroxylation is 1. The third-order valence-corrected chi connectivity index (χ3v) is 3.92. The van der Waals surface area contributed by atoms with Gasteiger partial charge in [-0.2, -0.15) is 0 Å². The van der Waals surface area contributed by atoms with Gasteiger partial charge in [-0.3, -0.25) is 10.1 Å². The summed E-state index contributed by atoms with van der Waals surface area (Å²) in [5.74, 6) is -0.166. The first-order valence-electron chi connectivity index (χ1n) is 8.65. The second-order valence-electron chi connectivity index (χ2n) is 6.32. The smallest absolute Gasteiger partial charge is 0.269 e. The maximum Gasteiger partial charge on any atom is 0.269 e. The topological polar surface area (TPSA) is 46.4 Å². The van der Waals surface area contributed by atoms with E-state index in [-0.39, 0.29) is 11.5 Å². The number of anilines is 1. The van der Waals surface area contributed by atoms with Gasteiger partial charge >= 0.3 is 0 Å². The van der Waals surface area contributed by atoms with Crippen LogP contribution in [0.15, 0.2) is 49.0 Å². The van der Waals surface area contributed by atoms with Crippen molar-refractivity contribution in [2.75, 3.05) is 19.0 Å². The van der Waals surface area contributed by atoms with Crippen LogP contribution in [0.2, 0.25) is 0 Å². The van der Waals surface area contributed by atoms with Crippen LogP contribution < -0.4 is 4.90 Å². The Morgan fingerprint density at radius 1 is 1.08 bits per heavy atom. The van der Waals surface area contributed by atoms with Crippen molar-refractivity contribution >= 4 is 17.5 Å². The normalized spacial score (nSPS) is 11.7. The van der Waals surface area contributed by atoms with Gasteiger partial charge in [-0.25, -0.2) is 4.39 Å². The van der Waals surface area contributed by atoms with Crippen LogP contribution in [0.25, 0.3) is 6.08 Å². The summed E-state index contributed by atoms with van der Waals surface area (Å²) in [7, 11) is 3.66. The molecule has 4 nitrogen and oxygen atoms in total. The molecule has 0 saturated heterocycles. The molecular weight excluding hydrogens is 331 g/mol. The molecule has 26 heavy (non-hydrogen) atoms. The van der Waals surface area contributed by atoms with Crippen molar-refractivity contribution in [1.82, 2.24) is 0 Å². The molecule has 2 aromatic carbocycles. The number of benzene rings is 2. The molecule has 0 spiro atoms. The van der Waals surface area contributed by atoms with Crippen molar-refractivity contribution in [3.8, 4) is 0 Å². The second-order valence-corrected chi connectivity index (χ2v) is 6.32. The van der Waals surface area contributed by atoms with Gasteiger partial charge in [0.25, 0.3) is 5.69 Å². The average molecular weight is 358 g/mol. The number of hydrogen-bond acceptors (Lipinski definition) is 3. The molecule has 0 aromatic heterocycles. The molecule has 0 heterocycles. The predicted molar refractivity (Wildman–Crippen MR) is 107 cm³/mol. The Morgan fingerprint density at radius 2 is 1.62 bits per heavy atom. The van der Waals surface area contributed by atoms with Gasteiger partial charge in [0.05, 0.1) is 10.6 Å². The maximum absolute atomic E-state index is 13.0. The predicted octanol–water partition coefficient (Wildman–Crippen LogP) is 6.00. The van der Waals surface area contributed by atoms with Crippen LogP contribution in [-0.2, 0) is 0 Å². The van der Waals surface area contributed by atoms with Gasteiger partial charge in [0.2, 0.25) is 0 Å². The first-order valence-corrected chi connectivity index (χ1v) is 8.65. The van der Waals surface area contributed by atoms with Crippen LogP contribution in [0.1, 0.15) is 36.8 Å². The Balaban J connectivity index is 0.000000214. The number of nitro benzene ring substituents is 1. The van der Waals surface area contributed by atoms with E-state index in [1.165, 1.54) is 43.9 Å². The fourth-order valence-electron chi connectivity index (χ4n) is 1.95. The zero-order chi connectivity index (χ0) is 19.5. The van der Waals surface area contributed by atoms with E-state index in [9.17, 15) is 14.5 Å². The van der Waals surface area contributed by atoms with Gasteiger partial charge in [-0.15, -0.1) is 0 Å². The van der Waals surface area contributed by atoms with Crippen LogP contribution in [0.5, 0.6) is 0 Å². The quantitative estimate of drug-likeness (QED) is 0.499. The number of hydrogen-bond donors (Lipinski definition) is 0. The zero-order valence-electron chi connectivity index (χ0n) is 15.7. The van der Waals surface area contributed by atoms with Gasteiger partial charge in [0.15, 0.2) is 0 Å². The van der Waals surface area contributed by atoms with Crippen LogP contribution in [0, 0.1) is 22.9 Å². The summed E-state index contributed by atoms with van der Waals surface area (Å²) in [5, 5.41) is 10.2. The van der Waals surface area contributed by atoms with Crippen molar-refractivity contribution in [2.24, 2.45) is 0 Å². The van der Waals surface area contributed by atoms with E-state index >= 15 is 0 Å². The Kier molecular flexibility index (Phi) is 9.06. The summed E-state index contributed by atoms with van der Waals surface area (Å²) in [6.07, 6.45) is 7.64. The zero-order valence-corrected chi connectivity index (χ0v) is 15.7. The highest BCUT2D eigenvalue weighted by Crippen LogP contribution is 2.17. The standard InChI is InChI=1S/C9H12FN.C8H7NO2.C4H8/c1-7-4-5-8(10)9(6-7)11(2)3;1-2-7-3-5-8(6-4-7)9(10)11;1-2-4-3-1/h4-6H,1-3H3;2-6H,1H2;1-4H2. The van der Waals surface area contributed by atoms with Crippen molar-refractivity contribution in [3.63, 3.8) is 0 Å². The summed E-state index contributed by atoms with van der Waals surface area (Å²) in [5.41, 5.74) is 2.71. The minimum Gasteiger partial charge on any atom is -0.375 e. The molecule has 0 aliphatic heterocycles. The molecule has 140 valence electrons. The highest BCUT2D eigenvalue weighted by atomic mass is 19.1. The Bertz CT molecular complexity index is 704. The Hall–Kier alpha value is -2.69. The average Bonchev–Trinajstić information content (AvgIpc) is 2.56. The monoisotopic (exact) mass is 358 g/mol. The molecule has 1 saturated carbocycles. The first kappa shape index (κ1) is 21.4. The molecule has 3 rings (SSSR count). The van der Waals surface area contributed by atoms with E-state index in [1.807, 2.05) is 27.1 Å². The number of non-ortho nitro benzene ring substituents is 1. The molecular formula is C21H27FN2O2. The third-order valence-electron chi connectivity index (χ3n) is 3.92. The number of halogens is 1. The number of rotatable bonds is 3. The fraction of sp³-hybridized carbons (Fsp3) is 0.333. The van der Waals surface area contributed by atoms with Crippen molar-refractivity contribution in [1.29, 1.82) is 0 Å². The van der Waals surface area contributed by atoms with Gasteiger partial charge in [0, 0.05) is 26.2 Å². The lowest BCUT2D eigenvalue weighted by Crippen LogP contribution is -2.10. The van der Waals surface area contributed by atoms with Crippen LogP contribution in [-0.4, -0.2) is 19.0 Å². The van der Waals surface area contributed by atoms with E-state index in [4.69, 9.17) is 0 Å². The van der Waals surface area contributed by atoms with Crippen LogP contribution >= 0.6 is 0 Å². The molecule has 1 aliphatic carbocycles. The molecule has 0 atom stereocenters. The number of nitro groups is 1. The Labute approximate surface area is 155 Å². The largest absolute Gasteiger partial charge is 0.375 e. The molecule has 0 bridgehead atoms. The summed E-state index contributed by atoms with van der Waals surface area (Å²) in [6, 6.07) is 11.3. The van der Waals surface area contributed by atoms with E-state index in [1.54, 1.807) is 29.2 Å². The third kappa shape index (κ3) is 7.47. The first-order chi connectivity index (χ1) is 12.3. The Morgan fingerprint density at radius 3 is 1.96 bits per heavy atom. The minimum atomic E-state index is -0.424. The van der Waals surface area contributed by atoms with E-state index < -0.39 is 4.92 Å². The van der Waals surface area contributed by atoms with E-state index in [0.717, 1.165) is 11.1 Å². The summed E-state index contributed by atoms with van der Waals surface area (Å²) in [4.78, 5) is 11.5. The fourth-order valence-corrected chi connectivity index (χ4v) is 1.95. The lowest BCUT2D eigenvalue weighted by Gasteiger charge is -2.13. The molecule has 0 unspecified atom stereocenters. The summed E-state index contributed by atoms with van der Waals surface area (Å²) < 4.78 is 13.0. The molecule has 0 amide bonds. The van der Waals surface area contributed by atoms with Crippen LogP contribution in [0.4, 0.5) is 15.8 Å². The van der Waals surface area contributed by atoms with Gasteiger partial charge in [-0.05, 0) is 42.3 Å². The second kappa shape index (κ2) is 11.0. The molecule has 0 N–H and O–H groups in total. The van der Waals surface area contributed by atoms with Gasteiger partial charge in [0.1, 0.15) is 5.82 Å². The highest BCUT2D eigenvalue weighted by Gasteiger charge is 2.02. The molecule has 1 aliphatic rings. The summed E-state index contributed by atoms with van der Waals surface area (Å²) >= 11 is 0. The molecule has 5 heteroatoms. The van der Waals surface area contributed by atoms with E-state index in [0.29, 0.717) is 5.69 Å². The number of nitrogens with zero attached hydrogens (tertiary/aromatic N) is 2. The van der Waals surface area contributed by atoms with Gasteiger partial charge < -0.3 is 4.90 Å². The molecule has 0 radical (unpaired) electrons. The van der Waals surface area contributed by atoms with Crippen molar-refractivity contribution in [2.45, 2.75) is 32.6 Å². The molecule has 1 fully saturated rings. The lowest BCUT2D eigenvalue weighted by molar-refractivity contribution is -0.384. The lowest BCUT2D eigenvalue weighted by atomic mass is 10.0. The van der Waals surface area contributed by atoms with Gasteiger partial charge in [-0.1, -0.05) is 44.4 Å². The SMILES string of the molecule is C1CCC1.C=Cc1ccc([N+](=O)[O-])cc1.Cc1ccc(F)c(N(C)C)c1.